The summed E-state index contributed by atoms with van der Waals surface area (Å²) < 4.78 is 1.72. The van der Waals surface area contributed by atoms with E-state index in [9.17, 15) is 4.79 Å². The molecule has 1 atom stereocenters. The predicted molar refractivity (Wildman–Crippen MR) is 166 cm³/mol. The molecular formula is C33H37N7O. The van der Waals surface area contributed by atoms with Gasteiger partial charge >= 0.3 is 0 Å². The second-order valence-corrected chi connectivity index (χ2v) is 11.0. The van der Waals surface area contributed by atoms with Crippen LogP contribution in [0.5, 0.6) is 0 Å². The highest BCUT2D eigenvalue weighted by molar-refractivity contribution is 5.82. The van der Waals surface area contributed by atoms with Crippen LogP contribution >= 0.6 is 0 Å². The number of nitrogens with zero attached hydrogens (tertiary/aromatic N) is 5. The Bertz CT molecular complexity index is 1700. The molecule has 2 N–H and O–H groups in total. The lowest BCUT2D eigenvalue weighted by molar-refractivity contribution is 0.422. The summed E-state index contributed by atoms with van der Waals surface area (Å²) >= 11 is 0. The number of pyridine rings is 2. The third kappa shape index (κ3) is 5.39. The van der Waals surface area contributed by atoms with Crippen molar-refractivity contribution in [2.24, 2.45) is 0 Å². The van der Waals surface area contributed by atoms with Crippen molar-refractivity contribution in [1.82, 2.24) is 29.7 Å². The summed E-state index contributed by atoms with van der Waals surface area (Å²) in [5.41, 5.74) is 8.55. The average molecular weight is 548 g/mol. The number of hydrogen-bond acceptors (Lipinski definition) is 7. The Balaban J connectivity index is 1.27. The molecule has 4 aromatic rings. The topological polar surface area (TPSA) is 88.0 Å². The van der Waals surface area contributed by atoms with Gasteiger partial charge < -0.3 is 15.5 Å². The van der Waals surface area contributed by atoms with Crippen molar-refractivity contribution >= 4 is 28.2 Å². The number of nitrogens with one attached hydrogen (secondary N) is 2. The van der Waals surface area contributed by atoms with Crippen molar-refractivity contribution in [3.05, 3.63) is 94.3 Å². The number of aromatic nitrogens is 4. The van der Waals surface area contributed by atoms with Gasteiger partial charge in [-0.2, -0.15) is 4.98 Å². The maximum Gasteiger partial charge on any atom is 0.260 e. The van der Waals surface area contributed by atoms with Gasteiger partial charge in [0, 0.05) is 77.6 Å². The van der Waals surface area contributed by atoms with Gasteiger partial charge in [0.15, 0.2) is 0 Å². The van der Waals surface area contributed by atoms with Crippen LogP contribution in [0.15, 0.2) is 71.8 Å². The first-order valence-corrected chi connectivity index (χ1v) is 14.5. The number of benzene rings is 1. The molecule has 41 heavy (non-hydrogen) atoms. The quantitative estimate of drug-likeness (QED) is 0.310. The van der Waals surface area contributed by atoms with Crippen LogP contribution in [0, 0.1) is 6.92 Å². The fourth-order valence-electron chi connectivity index (χ4n) is 5.93. The SMILES string of the molecule is C=C(C)N1CCC(c2ccc(-c3cc4cnc(Nc5ccc(C6=CCNCC6)cc5)nc4n(CC)c3=O)c(C)n2)C1. The van der Waals surface area contributed by atoms with Gasteiger partial charge in [0.25, 0.3) is 5.56 Å². The maximum absolute atomic E-state index is 13.7. The number of allylic oxidation sites excluding steroid dienone is 1. The molecule has 8 heteroatoms. The van der Waals surface area contributed by atoms with E-state index >= 15 is 0 Å². The second kappa shape index (κ2) is 11.3. The Labute approximate surface area is 240 Å². The predicted octanol–water partition coefficient (Wildman–Crippen LogP) is 5.63. The van der Waals surface area contributed by atoms with Gasteiger partial charge in [0.05, 0.1) is 0 Å². The van der Waals surface area contributed by atoms with E-state index < -0.39 is 0 Å². The number of likely N-dealkylation sites (tertiary alicyclic amines) is 1. The van der Waals surface area contributed by atoms with E-state index in [2.05, 4.69) is 58.3 Å². The number of fused-ring (bicyclic) bond motifs is 1. The van der Waals surface area contributed by atoms with Crippen LogP contribution in [0.2, 0.25) is 0 Å². The molecule has 8 nitrogen and oxygen atoms in total. The zero-order valence-electron chi connectivity index (χ0n) is 24.1. The summed E-state index contributed by atoms with van der Waals surface area (Å²) in [5, 5.41) is 7.48. The Morgan fingerprint density at radius 2 is 1.98 bits per heavy atom. The Morgan fingerprint density at radius 1 is 1.15 bits per heavy atom. The number of rotatable bonds is 7. The minimum absolute atomic E-state index is 0.0729. The summed E-state index contributed by atoms with van der Waals surface area (Å²) in [7, 11) is 0. The molecule has 5 heterocycles. The lowest BCUT2D eigenvalue weighted by Gasteiger charge is -2.18. The Kier molecular flexibility index (Phi) is 7.41. The molecule has 1 unspecified atom stereocenters. The first-order valence-electron chi connectivity index (χ1n) is 14.5. The van der Waals surface area contributed by atoms with Crippen LogP contribution in [-0.2, 0) is 6.54 Å². The molecule has 2 aliphatic rings. The van der Waals surface area contributed by atoms with Gasteiger partial charge in [-0.1, -0.05) is 30.9 Å². The maximum atomic E-state index is 13.7. The number of aryl methyl sites for hydroxylation is 2. The van der Waals surface area contributed by atoms with Gasteiger partial charge in [-0.05, 0) is 75.6 Å². The molecule has 3 aromatic heterocycles. The fourth-order valence-corrected chi connectivity index (χ4v) is 5.93. The van der Waals surface area contributed by atoms with Gasteiger partial charge in [-0.15, -0.1) is 0 Å². The van der Waals surface area contributed by atoms with E-state index in [-0.39, 0.29) is 5.56 Å². The molecule has 0 spiro atoms. The molecule has 0 amide bonds. The minimum atomic E-state index is -0.0729. The van der Waals surface area contributed by atoms with Crippen LogP contribution in [-0.4, -0.2) is 50.6 Å². The molecule has 2 aliphatic heterocycles. The standard InChI is InChI=1S/C33H37N7O/c1-5-40-31-26(19-35-33(38-31)37-27-8-6-23(7-9-27)24-12-15-34-16-13-24)18-29(32(40)41)28-10-11-30(36-22(28)4)25-14-17-39(20-25)21(2)3/h6-12,18-19,25,34H,2,5,13-17,20H2,1,3-4H3,(H,35,37,38). The zero-order valence-corrected chi connectivity index (χ0v) is 24.1. The lowest BCUT2D eigenvalue weighted by atomic mass is 9.99. The van der Waals surface area contributed by atoms with Crippen molar-refractivity contribution in [2.45, 2.75) is 46.1 Å². The first-order chi connectivity index (χ1) is 19.9. The molecule has 210 valence electrons. The zero-order chi connectivity index (χ0) is 28.5. The van der Waals surface area contributed by atoms with E-state index in [1.807, 2.05) is 38.1 Å². The average Bonchev–Trinajstić information content (AvgIpc) is 3.49. The van der Waals surface area contributed by atoms with E-state index in [0.29, 0.717) is 29.6 Å². The Hall–Kier alpha value is -4.30. The van der Waals surface area contributed by atoms with E-state index in [4.69, 9.17) is 9.97 Å². The monoisotopic (exact) mass is 547 g/mol. The first kappa shape index (κ1) is 26.9. The fraction of sp³-hybridized carbons (Fsp3) is 0.333. The molecule has 1 fully saturated rings. The van der Waals surface area contributed by atoms with Crippen molar-refractivity contribution in [3.63, 3.8) is 0 Å². The third-order valence-electron chi connectivity index (χ3n) is 8.26. The third-order valence-corrected chi connectivity index (χ3v) is 8.26. The van der Waals surface area contributed by atoms with Crippen molar-refractivity contribution in [1.29, 1.82) is 0 Å². The highest BCUT2D eigenvalue weighted by Gasteiger charge is 2.25. The summed E-state index contributed by atoms with van der Waals surface area (Å²) in [5.74, 6) is 0.837. The molecule has 0 saturated carbocycles. The molecule has 6 rings (SSSR count). The van der Waals surface area contributed by atoms with Crippen LogP contribution in [0.4, 0.5) is 11.6 Å². The van der Waals surface area contributed by atoms with Gasteiger partial charge in [-0.3, -0.25) is 14.3 Å². The van der Waals surface area contributed by atoms with Gasteiger partial charge in [0.1, 0.15) is 5.65 Å². The summed E-state index contributed by atoms with van der Waals surface area (Å²) in [4.78, 5) is 30.3. The van der Waals surface area contributed by atoms with Crippen LogP contribution < -0.4 is 16.2 Å². The molecule has 1 aromatic carbocycles. The molecular weight excluding hydrogens is 510 g/mol. The summed E-state index contributed by atoms with van der Waals surface area (Å²) in [6.45, 7) is 14.5. The molecule has 1 saturated heterocycles. The van der Waals surface area contributed by atoms with Crippen LogP contribution in [0.3, 0.4) is 0 Å². The van der Waals surface area contributed by atoms with Gasteiger partial charge in [0.2, 0.25) is 5.95 Å². The number of hydrogen-bond donors (Lipinski definition) is 2. The van der Waals surface area contributed by atoms with E-state index in [1.165, 1.54) is 11.1 Å². The van der Waals surface area contributed by atoms with Crippen molar-refractivity contribution in [3.8, 4) is 11.1 Å². The summed E-state index contributed by atoms with van der Waals surface area (Å²) in [6, 6.07) is 14.4. The van der Waals surface area contributed by atoms with Crippen molar-refractivity contribution < 1.29 is 0 Å². The lowest BCUT2D eigenvalue weighted by Crippen LogP contribution is -2.23. The number of anilines is 2. The van der Waals surface area contributed by atoms with E-state index in [0.717, 1.165) is 72.7 Å². The highest BCUT2D eigenvalue weighted by Crippen LogP contribution is 2.31. The van der Waals surface area contributed by atoms with Crippen LogP contribution in [0.25, 0.3) is 27.7 Å². The Morgan fingerprint density at radius 3 is 2.66 bits per heavy atom. The van der Waals surface area contributed by atoms with Crippen LogP contribution in [0.1, 0.15) is 49.6 Å². The smallest absolute Gasteiger partial charge is 0.260 e. The normalized spacial score (nSPS) is 17.1. The highest BCUT2D eigenvalue weighted by atomic mass is 16.1. The molecule has 0 radical (unpaired) electrons. The summed E-state index contributed by atoms with van der Waals surface area (Å²) in [6.07, 6.45) is 6.13. The van der Waals surface area contributed by atoms with Gasteiger partial charge in [-0.25, -0.2) is 4.98 Å². The second-order valence-electron chi connectivity index (χ2n) is 11.0. The largest absolute Gasteiger partial charge is 0.375 e. The molecule has 0 bridgehead atoms. The minimum Gasteiger partial charge on any atom is -0.375 e. The molecule has 0 aliphatic carbocycles. The van der Waals surface area contributed by atoms with E-state index in [1.54, 1.807) is 10.8 Å². The van der Waals surface area contributed by atoms with Crippen molar-refractivity contribution in [2.75, 3.05) is 31.5 Å².